The van der Waals surface area contributed by atoms with Crippen molar-refractivity contribution >= 4 is 35.4 Å². The van der Waals surface area contributed by atoms with Crippen molar-refractivity contribution in [3.63, 3.8) is 0 Å². The first-order valence-corrected chi connectivity index (χ1v) is 12.8. The predicted octanol–water partition coefficient (Wildman–Crippen LogP) is -2.98. The molecule has 1 aromatic heterocycles. The second-order valence-electron chi connectivity index (χ2n) is 9.94. The summed E-state index contributed by atoms with van der Waals surface area (Å²) >= 11 is 0. The molecule has 0 saturated carbocycles. The molecule has 0 aromatic carbocycles. The van der Waals surface area contributed by atoms with Crippen molar-refractivity contribution in [2.45, 2.75) is 77.2 Å². The van der Waals surface area contributed by atoms with Gasteiger partial charge in [0.1, 0.15) is 24.2 Å². The quantitative estimate of drug-likeness (QED) is 0.134. The molecule has 5 atom stereocenters. The third-order valence-corrected chi connectivity index (χ3v) is 6.46. The lowest BCUT2D eigenvalue weighted by Crippen LogP contribution is -2.57. The first kappa shape index (κ1) is 31.2. The minimum absolute atomic E-state index is 0.0853. The van der Waals surface area contributed by atoms with Gasteiger partial charge in [0.2, 0.25) is 35.4 Å². The van der Waals surface area contributed by atoms with E-state index in [9.17, 15) is 28.8 Å². The topological polar surface area (TPSA) is 235 Å². The van der Waals surface area contributed by atoms with Crippen LogP contribution < -0.4 is 32.7 Å². The third-order valence-electron chi connectivity index (χ3n) is 6.46. The number of hydrogen-bond donors (Lipinski definition) is 7. The van der Waals surface area contributed by atoms with E-state index in [1.165, 1.54) is 31.3 Å². The fourth-order valence-corrected chi connectivity index (χ4v) is 3.91. The van der Waals surface area contributed by atoms with Gasteiger partial charge in [0.25, 0.3) is 0 Å². The van der Waals surface area contributed by atoms with E-state index in [1.54, 1.807) is 13.8 Å². The lowest BCUT2D eigenvalue weighted by molar-refractivity contribution is -0.139. The largest absolute Gasteiger partial charge is 0.368 e. The summed E-state index contributed by atoms with van der Waals surface area (Å²) in [7, 11) is 0. The molecule has 0 spiro atoms. The van der Waals surface area contributed by atoms with Crippen LogP contribution in [-0.4, -0.2) is 93.6 Å². The van der Waals surface area contributed by atoms with Gasteiger partial charge in [-0.25, -0.2) is 4.98 Å². The van der Waals surface area contributed by atoms with Crippen molar-refractivity contribution in [3.05, 3.63) is 18.2 Å². The minimum Gasteiger partial charge on any atom is -0.368 e. The number of hydrogen-bond acceptors (Lipinski definition) is 8. The van der Waals surface area contributed by atoms with Gasteiger partial charge in [-0.3, -0.25) is 28.8 Å². The molecule has 0 bridgehead atoms. The molecule has 1 aliphatic rings. The van der Waals surface area contributed by atoms with Crippen LogP contribution in [0.5, 0.6) is 0 Å². The molecule has 2 heterocycles. The maximum Gasteiger partial charge on any atom is 0.243 e. The molecule has 1 aromatic rings. The van der Waals surface area contributed by atoms with Crippen molar-refractivity contribution in [2.75, 3.05) is 13.1 Å². The van der Waals surface area contributed by atoms with Crippen LogP contribution in [0.2, 0.25) is 0 Å². The number of aromatic nitrogens is 2. The Hall–Kier alpha value is -4.01. The summed E-state index contributed by atoms with van der Waals surface area (Å²) in [6, 6.07) is -4.57. The van der Waals surface area contributed by atoms with Gasteiger partial charge >= 0.3 is 0 Å². The summed E-state index contributed by atoms with van der Waals surface area (Å²) in [4.78, 5) is 82.7. The Bertz CT molecular complexity index is 1040. The highest BCUT2D eigenvalue weighted by Gasteiger charge is 2.35. The average molecular weight is 550 g/mol. The number of carbonyl (C=O) groups excluding carboxylic acids is 6. The molecule has 2 rings (SSSR count). The molecule has 39 heavy (non-hydrogen) atoms. The highest BCUT2D eigenvalue weighted by molar-refractivity contribution is 5.95. The zero-order valence-corrected chi connectivity index (χ0v) is 22.7. The van der Waals surface area contributed by atoms with E-state index in [0.29, 0.717) is 25.1 Å². The average Bonchev–Trinajstić information content (AvgIpc) is 3.58. The van der Waals surface area contributed by atoms with Gasteiger partial charge in [0.15, 0.2) is 0 Å². The zero-order chi connectivity index (χ0) is 29.3. The van der Waals surface area contributed by atoms with E-state index in [1.807, 2.05) is 0 Å². The minimum atomic E-state index is -1.04. The van der Waals surface area contributed by atoms with Crippen LogP contribution in [0, 0.1) is 5.92 Å². The second-order valence-corrected chi connectivity index (χ2v) is 9.94. The predicted molar refractivity (Wildman–Crippen MR) is 139 cm³/mol. The Morgan fingerprint density at radius 3 is 2.31 bits per heavy atom. The SMILES string of the molecule is CC(NC(=O)C1CCCN1C(=O)CNC(=O)C(C)NC(=O)C(Cc1cnc[nH]1)NC(=O)C(N)C(C)C)C(N)=O. The number of amides is 6. The molecule has 1 aliphatic heterocycles. The summed E-state index contributed by atoms with van der Waals surface area (Å²) in [6.07, 6.45) is 4.03. The molecule has 9 N–H and O–H groups in total. The van der Waals surface area contributed by atoms with Crippen molar-refractivity contribution in [1.82, 2.24) is 36.1 Å². The molecule has 1 saturated heterocycles. The highest BCUT2D eigenvalue weighted by Crippen LogP contribution is 2.17. The van der Waals surface area contributed by atoms with Gasteiger partial charge in [-0.1, -0.05) is 13.8 Å². The smallest absolute Gasteiger partial charge is 0.243 e. The van der Waals surface area contributed by atoms with Crippen LogP contribution in [0.3, 0.4) is 0 Å². The van der Waals surface area contributed by atoms with E-state index >= 15 is 0 Å². The molecule has 15 heteroatoms. The summed E-state index contributed by atoms with van der Waals surface area (Å²) in [5.74, 6) is -3.61. The molecule has 1 fully saturated rings. The van der Waals surface area contributed by atoms with Crippen LogP contribution in [0.15, 0.2) is 12.5 Å². The molecule has 0 radical (unpaired) electrons. The summed E-state index contributed by atoms with van der Waals surface area (Å²) in [6.45, 7) is 6.36. The van der Waals surface area contributed by atoms with E-state index in [2.05, 4.69) is 31.2 Å². The number of H-pyrrole nitrogens is 1. The van der Waals surface area contributed by atoms with Crippen molar-refractivity contribution in [1.29, 1.82) is 0 Å². The molecule has 15 nitrogen and oxygen atoms in total. The van der Waals surface area contributed by atoms with Crippen molar-refractivity contribution in [3.8, 4) is 0 Å². The maximum atomic E-state index is 13.0. The Morgan fingerprint density at radius 2 is 1.72 bits per heavy atom. The van der Waals surface area contributed by atoms with Crippen LogP contribution in [0.1, 0.15) is 46.2 Å². The number of carbonyl (C=O) groups is 6. The van der Waals surface area contributed by atoms with E-state index in [0.717, 1.165) is 0 Å². The van der Waals surface area contributed by atoms with Crippen LogP contribution in [0.4, 0.5) is 0 Å². The molecule has 5 unspecified atom stereocenters. The first-order chi connectivity index (χ1) is 18.3. The number of nitrogens with two attached hydrogens (primary N) is 2. The number of likely N-dealkylation sites (tertiary alicyclic amines) is 1. The van der Waals surface area contributed by atoms with Crippen LogP contribution >= 0.6 is 0 Å². The van der Waals surface area contributed by atoms with Gasteiger partial charge in [-0.15, -0.1) is 0 Å². The lowest BCUT2D eigenvalue weighted by atomic mass is 10.0. The Balaban J connectivity index is 1.94. The van der Waals surface area contributed by atoms with Gasteiger partial charge in [-0.2, -0.15) is 0 Å². The van der Waals surface area contributed by atoms with Crippen LogP contribution in [0.25, 0.3) is 0 Å². The normalized spacial score (nSPS) is 18.0. The van der Waals surface area contributed by atoms with E-state index < -0.39 is 72.2 Å². The summed E-state index contributed by atoms with van der Waals surface area (Å²) < 4.78 is 0. The molecule has 6 amide bonds. The van der Waals surface area contributed by atoms with Gasteiger partial charge in [0, 0.05) is 24.9 Å². The fourth-order valence-electron chi connectivity index (χ4n) is 3.91. The standard InChI is InChI=1S/C24H39N9O6/c1-12(2)19(25)24(39)32-16(8-15-9-27-11-29-15)22(37)31-14(4)21(36)28-10-18(34)33-7-5-6-17(33)23(38)30-13(3)20(26)35/h9,11-14,16-17,19H,5-8,10,25H2,1-4H3,(H2,26,35)(H,27,29)(H,28,36)(H,30,38)(H,31,37)(H,32,39). The number of aromatic amines is 1. The van der Waals surface area contributed by atoms with Crippen molar-refractivity contribution < 1.29 is 28.8 Å². The van der Waals surface area contributed by atoms with Gasteiger partial charge in [0.05, 0.1) is 18.9 Å². The second kappa shape index (κ2) is 14.2. The molecule has 216 valence electrons. The fraction of sp³-hybridized carbons (Fsp3) is 0.625. The highest BCUT2D eigenvalue weighted by atomic mass is 16.2. The molecular formula is C24H39N9O6. The number of nitrogens with one attached hydrogen (secondary N) is 5. The van der Waals surface area contributed by atoms with Crippen molar-refractivity contribution in [2.24, 2.45) is 17.4 Å². The summed E-state index contributed by atoms with van der Waals surface area (Å²) in [5.41, 5.74) is 11.7. The van der Waals surface area contributed by atoms with Gasteiger partial charge < -0.3 is 42.6 Å². The van der Waals surface area contributed by atoms with E-state index in [4.69, 9.17) is 11.5 Å². The molecular weight excluding hydrogens is 510 g/mol. The number of rotatable bonds is 13. The number of nitrogens with zero attached hydrogens (tertiary/aromatic N) is 2. The summed E-state index contributed by atoms with van der Waals surface area (Å²) in [5, 5.41) is 10.1. The zero-order valence-electron chi connectivity index (χ0n) is 22.7. The first-order valence-electron chi connectivity index (χ1n) is 12.8. The Morgan fingerprint density at radius 1 is 1.03 bits per heavy atom. The number of imidazole rings is 1. The Labute approximate surface area is 226 Å². The lowest BCUT2D eigenvalue weighted by Gasteiger charge is -2.26. The Kier molecular flexibility index (Phi) is 11.4. The number of primary amides is 1. The maximum absolute atomic E-state index is 13.0. The third kappa shape index (κ3) is 9.05. The van der Waals surface area contributed by atoms with Crippen LogP contribution in [-0.2, 0) is 35.2 Å². The monoisotopic (exact) mass is 549 g/mol. The van der Waals surface area contributed by atoms with Gasteiger partial charge in [-0.05, 0) is 32.6 Å². The van der Waals surface area contributed by atoms with E-state index in [-0.39, 0.29) is 12.3 Å². The molecule has 0 aliphatic carbocycles.